The highest BCUT2D eigenvalue weighted by molar-refractivity contribution is 7.11. The summed E-state index contributed by atoms with van der Waals surface area (Å²) in [5, 5.41) is 11.1. The van der Waals surface area contributed by atoms with Crippen LogP contribution in [-0.2, 0) is 18.6 Å². The van der Waals surface area contributed by atoms with Gasteiger partial charge in [0.15, 0.2) is 0 Å². The first-order valence-corrected chi connectivity index (χ1v) is 7.71. The Bertz CT molecular complexity index is 543. The molecule has 0 saturated carbocycles. The van der Waals surface area contributed by atoms with Crippen molar-refractivity contribution in [2.75, 3.05) is 0 Å². The van der Waals surface area contributed by atoms with E-state index in [0.717, 1.165) is 34.2 Å². The molecule has 0 bridgehead atoms. The first-order chi connectivity index (χ1) is 9.50. The van der Waals surface area contributed by atoms with E-state index < -0.39 is 5.60 Å². The largest absolute Gasteiger partial charge is 0.486 e. The van der Waals surface area contributed by atoms with E-state index in [1.54, 1.807) is 0 Å². The van der Waals surface area contributed by atoms with Crippen molar-refractivity contribution < 1.29 is 9.84 Å². The van der Waals surface area contributed by atoms with Gasteiger partial charge in [0.2, 0.25) is 0 Å². The number of aromatic nitrogens is 1. The van der Waals surface area contributed by atoms with Crippen LogP contribution in [0.5, 0.6) is 5.75 Å². The molecule has 0 fully saturated rings. The summed E-state index contributed by atoms with van der Waals surface area (Å²) < 4.78 is 5.72. The SMILES string of the molecule is CCCc1nc(COc2ccccc2)sc1C(C)(C)O. The van der Waals surface area contributed by atoms with Crippen molar-refractivity contribution in [3.8, 4) is 5.75 Å². The molecule has 0 radical (unpaired) electrons. The Balaban J connectivity index is 2.12. The average molecular weight is 291 g/mol. The molecule has 20 heavy (non-hydrogen) atoms. The third kappa shape index (κ3) is 3.81. The first kappa shape index (κ1) is 15.0. The van der Waals surface area contributed by atoms with Crippen molar-refractivity contribution in [1.29, 1.82) is 0 Å². The number of hydrogen-bond acceptors (Lipinski definition) is 4. The van der Waals surface area contributed by atoms with Gasteiger partial charge >= 0.3 is 0 Å². The highest BCUT2D eigenvalue weighted by Crippen LogP contribution is 2.31. The topological polar surface area (TPSA) is 42.4 Å². The van der Waals surface area contributed by atoms with Gasteiger partial charge in [-0.25, -0.2) is 4.98 Å². The number of nitrogens with zero attached hydrogens (tertiary/aromatic N) is 1. The average Bonchev–Trinajstić information content (AvgIpc) is 2.81. The normalized spacial score (nSPS) is 11.6. The molecular weight excluding hydrogens is 270 g/mol. The minimum Gasteiger partial charge on any atom is -0.486 e. The van der Waals surface area contributed by atoms with E-state index in [1.165, 1.54) is 11.3 Å². The van der Waals surface area contributed by atoms with Crippen molar-refractivity contribution in [2.45, 2.75) is 45.8 Å². The molecule has 2 rings (SSSR count). The molecule has 0 aliphatic rings. The van der Waals surface area contributed by atoms with Gasteiger partial charge in [0.1, 0.15) is 17.4 Å². The van der Waals surface area contributed by atoms with Crippen LogP contribution in [0.4, 0.5) is 0 Å². The van der Waals surface area contributed by atoms with Gasteiger partial charge in [0, 0.05) is 0 Å². The fourth-order valence-corrected chi connectivity index (χ4v) is 3.03. The number of aryl methyl sites for hydroxylation is 1. The second-order valence-corrected chi connectivity index (χ2v) is 6.38. The predicted molar refractivity (Wildman–Crippen MR) is 82.1 cm³/mol. The summed E-state index contributed by atoms with van der Waals surface area (Å²) in [5.41, 5.74) is 0.157. The maximum atomic E-state index is 10.2. The molecule has 1 heterocycles. The summed E-state index contributed by atoms with van der Waals surface area (Å²) >= 11 is 1.54. The van der Waals surface area contributed by atoms with Gasteiger partial charge in [-0.2, -0.15) is 0 Å². The molecule has 1 aromatic carbocycles. The summed E-state index contributed by atoms with van der Waals surface area (Å²) in [6.45, 7) is 6.18. The minimum absolute atomic E-state index is 0.446. The van der Waals surface area contributed by atoms with Crippen LogP contribution in [-0.4, -0.2) is 10.1 Å². The van der Waals surface area contributed by atoms with Crippen LogP contribution in [0.2, 0.25) is 0 Å². The van der Waals surface area contributed by atoms with Crippen molar-refractivity contribution >= 4 is 11.3 Å². The molecule has 0 amide bonds. The Labute approximate surface area is 124 Å². The second kappa shape index (κ2) is 6.37. The van der Waals surface area contributed by atoms with Gasteiger partial charge in [-0.3, -0.25) is 0 Å². The molecule has 0 spiro atoms. The lowest BCUT2D eigenvalue weighted by molar-refractivity contribution is 0.0813. The molecule has 108 valence electrons. The van der Waals surface area contributed by atoms with Crippen LogP contribution in [0.25, 0.3) is 0 Å². The lowest BCUT2D eigenvalue weighted by atomic mass is 10.0. The van der Waals surface area contributed by atoms with E-state index in [2.05, 4.69) is 11.9 Å². The molecule has 0 aliphatic heterocycles. The quantitative estimate of drug-likeness (QED) is 0.877. The number of rotatable bonds is 6. The third-order valence-corrected chi connectivity index (χ3v) is 4.27. The molecule has 2 aromatic rings. The number of ether oxygens (including phenoxy) is 1. The Morgan fingerprint density at radius 2 is 1.95 bits per heavy atom. The fraction of sp³-hybridized carbons (Fsp3) is 0.438. The number of para-hydroxylation sites is 1. The molecule has 0 aliphatic carbocycles. The van der Waals surface area contributed by atoms with Gasteiger partial charge in [-0.15, -0.1) is 11.3 Å². The van der Waals surface area contributed by atoms with Crippen molar-refractivity contribution in [3.05, 3.63) is 45.9 Å². The number of hydrogen-bond donors (Lipinski definition) is 1. The zero-order valence-corrected chi connectivity index (χ0v) is 13.0. The van der Waals surface area contributed by atoms with Crippen molar-refractivity contribution in [2.24, 2.45) is 0 Å². The molecule has 0 atom stereocenters. The van der Waals surface area contributed by atoms with Crippen molar-refractivity contribution in [3.63, 3.8) is 0 Å². The zero-order chi connectivity index (χ0) is 14.6. The van der Waals surface area contributed by atoms with E-state index in [1.807, 2.05) is 44.2 Å². The minimum atomic E-state index is -0.840. The van der Waals surface area contributed by atoms with Crippen LogP contribution in [0.3, 0.4) is 0 Å². The van der Waals surface area contributed by atoms with Crippen molar-refractivity contribution in [1.82, 2.24) is 4.98 Å². The second-order valence-electron chi connectivity index (χ2n) is 5.29. The summed E-state index contributed by atoms with van der Waals surface area (Å²) in [4.78, 5) is 5.56. The maximum Gasteiger partial charge on any atom is 0.140 e. The molecule has 1 N–H and O–H groups in total. The van der Waals surface area contributed by atoms with Crippen LogP contribution in [0.15, 0.2) is 30.3 Å². The van der Waals surface area contributed by atoms with E-state index in [4.69, 9.17) is 4.74 Å². The Morgan fingerprint density at radius 3 is 2.55 bits per heavy atom. The Kier molecular flexibility index (Phi) is 4.78. The summed E-state index contributed by atoms with van der Waals surface area (Å²) in [7, 11) is 0. The lowest BCUT2D eigenvalue weighted by Crippen LogP contribution is -2.15. The molecule has 3 nitrogen and oxygen atoms in total. The number of thiazole rings is 1. The molecule has 1 aromatic heterocycles. The highest BCUT2D eigenvalue weighted by Gasteiger charge is 2.24. The van der Waals surface area contributed by atoms with Gasteiger partial charge in [-0.05, 0) is 32.4 Å². The highest BCUT2D eigenvalue weighted by atomic mass is 32.1. The van der Waals surface area contributed by atoms with Crippen LogP contribution < -0.4 is 4.74 Å². The summed E-state index contributed by atoms with van der Waals surface area (Å²) in [5.74, 6) is 0.838. The standard InChI is InChI=1S/C16H21NO2S/c1-4-8-13-15(16(2,3)18)20-14(17-13)11-19-12-9-6-5-7-10-12/h5-7,9-10,18H,4,8,11H2,1-3H3. The van der Waals surface area contributed by atoms with Gasteiger partial charge in [0.25, 0.3) is 0 Å². The third-order valence-electron chi connectivity index (χ3n) is 2.89. The zero-order valence-electron chi connectivity index (χ0n) is 12.2. The van der Waals surface area contributed by atoms with E-state index >= 15 is 0 Å². The van der Waals surface area contributed by atoms with Crippen LogP contribution in [0, 0.1) is 0 Å². The number of benzene rings is 1. The monoisotopic (exact) mass is 291 g/mol. The smallest absolute Gasteiger partial charge is 0.140 e. The summed E-state index contributed by atoms with van der Waals surface area (Å²) in [6.07, 6.45) is 1.91. The molecule has 4 heteroatoms. The van der Waals surface area contributed by atoms with Crippen LogP contribution >= 0.6 is 11.3 Å². The molecule has 0 saturated heterocycles. The van der Waals surface area contributed by atoms with E-state index in [-0.39, 0.29) is 0 Å². The predicted octanol–water partition coefficient (Wildman–Crippen LogP) is 3.90. The Morgan fingerprint density at radius 1 is 1.25 bits per heavy atom. The van der Waals surface area contributed by atoms with Gasteiger partial charge < -0.3 is 9.84 Å². The first-order valence-electron chi connectivity index (χ1n) is 6.90. The van der Waals surface area contributed by atoms with Gasteiger partial charge in [0.05, 0.1) is 16.2 Å². The maximum absolute atomic E-state index is 10.2. The fourth-order valence-electron chi connectivity index (χ4n) is 2.01. The molecular formula is C16H21NO2S. The molecule has 0 unspecified atom stereocenters. The Hall–Kier alpha value is -1.39. The number of aliphatic hydroxyl groups is 1. The van der Waals surface area contributed by atoms with E-state index in [9.17, 15) is 5.11 Å². The van der Waals surface area contributed by atoms with Gasteiger partial charge in [-0.1, -0.05) is 31.5 Å². The van der Waals surface area contributed by atoms with E-state index in [0.29, 0.717) is 6.61 Å². The summed E-state index contributed by atoms with van der Waals surface area (Å²) in [6, 6.07) is 9.71. The lowest BCUT2D eigenvalue weighted by Gasteiger charge is -2.16. The van der Waals surface area contributed by atoms with Crippen LogP contribution in [0.1, 0.15) is 42.8 Å².